The van der Waals surface area contributed by atoms with Crippen LogP contribution in [0.5, 0.6) is 0 Å². The lowest BCUT2D eigenvalue weighted by Gasteiger charge is -2.25. The van der Waals surface area contributed by atoms with Crippen molar-refractivity contribution in [2.45, 2.75) is 46.1 Å². The standard InChI is InChI=1S/C22H28N4O2/c1-4-13-26(14-12-20(27)23-16(3)5-2)22-17-9-6-7-10-18(17)24-21(25-22)19-11-8-15-28-19/h6-11,15-16H,4-5,12-14H2,1-3H3,(H,23,27). The molecule has 2 aromatic heterocycles. The van der Waals surface area contributed by atoms with E-state index >= 15 is 0 Å². The van der Waals surface area contributed by atoms with Crippen LogP contribution in [-0.4, -0.2) is 35.0 Å². The molecule has 1 atom stereocenters. The third kappa shape index (κ3) is 4.68. The maximum absolute atomic E-state index is 12.3. The predicted octanol–water partition coefficient (Wildman–Crippen LogP) is 4.41. The van der Waals surface area contributed by atoms with Gasteiger partial charge in [0.2, 0.25) is 5.91 Å². The van der Waals surface area contributed by atoms with Crippen LogP contribution in [0.25, 0.3) is 22.5 Å². The molecule has 0 aliphatic rings. The number of nitrogens with zero attached hydrogens (tertiary/aromatic N) is 3. The zero-order chi connectivity index (χ0) is 19.9. The van der Waals surface area contributed by atoms with Gasteiger partial charge in [0.25, 0.3) is 0 Å². The number of carbonyl (C=O) groups excluding carboxylic acids is 1. The van der Waals surface area contributed by atoms with Crippen molar-refractivity contribution >= 4 is 22.6 Å². The van der Waals surface area contributed by atoms with Crippen LogP contribution < -0.4 is 10.2 Å². The number of hydrogen-bond acceptors (Lipinski definition) is 5. The normalized spacial score (nSPS) is 12.1. The van der Waals surface area contributed by atoms with Crippen molar-refractivity contribution in [1.82, 2.24) is 15.3 Å². The predicted molar refractivity (Wildman–Crippen MR) is 112 cm³/mol. The molecule has 148 valence electrons. The summed E-state index contributed by atoms with van der Waals surface area (Å²) in [7, 11) is 0. The summed E-state index contributed by atoms with van der Waals surface area (Å²) >= 11 is 0. The molecular formula is C22H28N4O2. The van der Waals surface area contributed by atoms with Crippen LogP contribution in [-0.2, 0) is 4.79 Å². The van der Waals surface area contributed by atoms with Crippen molar-refractivity contribution in [3.05, 3.63) is 42.7 Å². The molecule has 0 radical (unpaired) electrons. The van der Waals surface area contributed by atoms with E-state index in [2.05, 4.69) is 29.0 Å². The quantitative estimate of drug-likeness (QED) is 0.595. The lowest BCUT2D eigenvalue weighted by Crippen LogP contribution is -2.36. The Hall–Kier alpha value is -2.89. The van der Waals surface area contributed by atoms with E-state index in [1.54, 1.807) is 6.26 Å². The zero-order valence-corrected chi connectivity index (χ0v) is 16.8. The minimum atomic E-state index is 0.0695. The molecule has 1 N–H and O–H groups in total. The van der Waals surface area contributed by atoms with Crippen molar-refractivity contribution in [2.75, 3.05) is 18.0 Å². The molecule has 0 spiro atoms. The maximum atomic E-state index is 12.3. The van der Waals surface area contributed by atoms with Gasteiger partial charge in [0, 0.05) is 30.9 Å². The highest BCUT2D eigenvalue weighted by Crippen LogP contribution is 2.28. The molecule has 0 aliphatic heterocycles. The Balaban J connectivity index is 1.92. The molecule has 2 heterocycles. The molecule has 3 aromatic rings. The average molecular weight is 380 g/mol. The van der Waals surface area contributed by atoms with Gasteiger partial charge < -0.3 is 14.6 Å². The van der Waals surface area contributed by atoms with Gasteiger partial charge in [-0.05, 0) is 44.0 Å². The van der Waals surface area contributed by atoms with Crippen LogP contribution >= 0.6 is 0 Å². The van der Waals surface area contributed by atoms with Gasteiger partial charge in [0.1, 0.15) is 5.82 Å². The topological polar surface area (TPSA) is 71.3 Å². The lowest BCUT2D eigenvalue weighted by atomic mass is 10.2. The van der Waals surface area contributed by atoms with Crippen LogP contribution in [0.3, 0.4) is 0 Å². The molecule has 6 heteroatoms. The number of carbonyl (C=O) groups is 1. The highest BCUT2D eigenvalue weighted by molar-refractivity contribution is 5.91. The fourth-order valence-electron chi connectivity index (χ4n) is 3.10. The van der Waals surface area contributed by atoms with Gasteiger partial charge >= 0.3 is 0 Å². The minimum Gasteiger partial charge on any atom is -0.461 e. The fourth-order valence-corrected chi connectivity index (χ4v) is 3.10. The molecule has 0 saturated carbocycles. The summed E-state index contributed by atoms with van der Waals surface area (Å²) in [5.74, 6) is 2.11. The minimum absolute atomic E-state index is 0.0695. The molecule has 1 aromatic carbocycles. The number of furan rings is 1. The molecule has 0 bridgehead atoms. The highest BCUT2D eigenvalue weighted by Gasteiger charge is 2.17. The number of para-hydroxylation sites is 1. The Kier molecular flexibility index (Phi) is 6.63. The fraction of sp³-hybridized carbons (Fsp3) is 0.409. The molecular weight excluding hydrogens is 352 g/mol. The summed E-state index contributed by atoms with van der Waals surface area (Å²) in [4.78, 5) is 23.9. The largest absolute Gasteiger partial charge is 0.461 e. The second-order valence-electron chi connectivity index (χ2n) is 6.98. The monoisotopic (exact) mass is 380 g/mol. The van der Waals surface area contributed by atoms with Gasteiger partial charge in [0.15, 0.2) is 11.6 Å². The van der Waals surface area contributed by atoms with Crippen LogP contribution in [0.1, 0.15) is 40.0 Å². The third-order valence-corrected chi connectivity index (χ3v) is 4.75. The molecule has 28 heavy (non-hydrogen) atoms. The Labute approximate surface area is 166 Å². The number of nitrogens with one attached hydrogen (secondary N) is 1. The van der Waals surface area contributed by atoms with Gasteiger partial charge in [0.05, 0.1) is 11.8 Å². The highest BCUT2D eigenvalue weighted by atomic mass is 16.3. The number of amides is 1. The first kappa shape index (κ1) is 19.9. The summed E-state index contributed by atoms with van der Waals surface area (Å²) in [6.45, 7) is 7.64. The molecule has 1 unspecified atom stereocenters. The van der Waals surface area contributed by atoms with Gasteiger partial charge in [-0.2, -0.15) is 0 Å². The van der Waals surface area contributed by atoms with Crippen LogP contribution in [0.15, 0.2) is 47.1 Å². The molecule has 1 amide bonds. The van der Waals surface area contributed by atoms with Crippen molar-refractivity contribution < 1.29 is 9.21 Å². The van der Waals surface area contributed by atoms with Crippen molar-refractivity contribution in [1.29, 1.82) is 0 Å². The first-order valence-corrected chi connectivity index (χ1v) is 9.97. The van der Waals surface area contributed by atoms with E-state index in [-0.39, 0.29) is 11.9 Å². The summed E-state index contributed by atoms with van der Waals surface area (Å²) in [6.07, 6.45) is 3.93. The summed E-state index contributed by atoms with van der Waals surface area (Å²) in [5.41, 5.74) is 0.865. The first-order chi connectivity index (χ1) is 13.6. The third-order valence-electron chi connectivity index (χ3n) is 4.75. The molecule has 3 rings (SSSR count). The number of fused-ring (bicyclic) bond motifs is 1. The summed E-state index contributed by atoms with van der Waals surface area (Å²) in [5, 5.41) is 4.02. The number of anilines is 1. The number of rotatable bonds is 9. The Morgan fingerprint density at radius 1 is 1.14 bits per heavy atom. The Morgan fingerprint density at radius 3 is 2.68 bits per heavy atom. The van der Waals surface area contributed by atoms with E-state index in [1.807, 2.05) is 43.3 Å². The van der Waals surface area contributed by atoms with E-state index in [9.17, 15) is 4.79 Å². The van der Waals surface area contributed by atoms with E-state index < -0.39 is 0 Å². The molecule has 0 aliphatic carbocycles. The van der Waals surface area contributed by atoms with Crippen LogP contribution in [0, 0.1) is 0 Å². The number of benzene rings is 1. The Bertz CT molecular complexity index is 908. The lowest BCUT2D eigenvalue weighted by molar-refractivity contribution is -0.121. The van der Waals surface area contributed by atoms with E-state index in [0.29, 0.717) is 24.6 Å². The van der Waals surface area contributed by atoms with Gasteiger partial charge in [-0.15, -0.1) is 0 Å². The molecule has 6 nitrogen and oxygen atoms in total. The van der Waals surface area contributed by atoms with E-state index in [0.717, 1.165) is 36.1 Å². The number of aromatic nitrogens is 2. The first-order valence-electron chi connectivity index (χ1n) is 9.97. The second kappa shape index (κ2) is 9.35. The number of hydrogen-bond donors (Lipinski definition) is 1. The van der Waals surface area contributed by atoms with Gasteiger partial charge in [-0.25, -0.2) is 9.97 Å². The van der Waals surface area contributed by atoms with Crippen molar-refractivity contribution in [3.8, 4) is 11.6 Å². The van der Waals surface area contributed by atoms with Gasteiger partial charge in [-0.1, -0.05) is 26.0 Å². The van der Waals surface area contributed by atoms with Crippen molar-refractivity contribution in [3.63, 3.8) is 0 Å². The average Bonchev–Trinajstić information content (AvgIpc) is 3.25. The maximum Gasteiger partial charge on any atom is 0.221 e. The SMILES string of the molecule is CCCN(CCC(=O)NC(C)CC)c1nc(-c2ccco2)nc2ccccc12. The Morgan fingerprint density at radius 2 is 1.96 bits per heavy atom. The smallest absolute Gasteiger partial charge is 0.221 e. The summed E-state index contributed by atoms with van der Waals surface area (Å²) < 4.78 is 5.51. The zero-order valence-electron chi connectivity index (χ0n) is 16.8. The van der Waals surface area contributed by atoms with Crippen LogP contribution in [0.4, 0.5) is 5.82 Å². The summed E-state index contributed by atoms with van der Waals surface area (Å²) in [6, 6.07) is 11.8. The second-order valence-corrected chi connectivity index (χ2v) is 6.98. The van der Waals surface area contributed by atoms with Gasteiger partial charge in [-0.3, -0.25) is 4.79 Å². The van der Waals surface area contributed by atoms with E-state index in [4.69, 9.17) is 9.40 Å². The molecule has 0 saturated heterocycles. The van der Waals surface area contributed by atoms with Crippen LogP contribution in [0.2, 0.25) is 0 Å². The molecule has 0 fully saturated rings. The van der Waals surface area contributed by atoms with Crippen molar-refractivity contribution in [2.24, 2.45) is 0 Å². The van der Waals surface area contributed by atoms with E-state index in [1.165, 1.54) is 0 Å².